The highest BCUT2D eigenvalue weighted by atomic mass is 16.6. The van der Waals surface area contributed by atoms with E-state index in [0.29, 0.717) is 5.69 Å². The predicted molar refractivity (Wildman–Crippen MR) is 88.8 cm³/mol. The standard InChI is InChI=1S/C16H19N5O2/c1-19(14-5-2-3-6-15(14)21(22)23)13-7-11-20(12-8-13)16-17-9-4-10-18-16/h2-6,9-10,13H,7-8,11-12H2,1H3. The summed E-state index contributed by atoms with van der Waals surface area (Å²) in [5.74, 6) is 0.749. The molecule has 7 nitrogen and oxygen atoms in total. The number of benzene rings is 1. The Morgan fingerprint density at radius 1 is 1.17 bits per heavy atom. The molecule has 1 fully saturated rings. The van der Waals surface area contributed by atoms with Crippen LogP contribution in [0.5, 0.6) is 0 Å². The van der Waals surface area contributed by atoms with Gasteiger partial charge in [-0.1, -0.05) is 12.1 Å². The van der Waals surface area contributed by atoms with Crippen LogP contribution < -0.4 is 9.80 Å². The summed E-state index contributed by atoms with van der Waals surface area (Å²) < 4.78 is 0. The molecule has 0 unspecified atom stereocenters. The fourth-order valence-electron chi connectivity index (χ4n) is 3.02. The molecule has 1 aliphatic rings. The van der Waals surface area contributed by atoms with E-state index < -0.39 is 0 Å². The van der Waals surface area contributed by atoms with Crippen LogP contribution in [0.15, 0.2) is 42.7 Å². The van der Waals surface area contributed by atoms with Crippen molar-refractivity contribution in [3.63, 3.8) is 0 Å². The van der Waals surface area contributed by atoms with Crippen molar-refractivity contribution in [3.8, 4) is 0 Å². The van der Waals surface area contributed by atoms with Gasteiger partial charge in [0.15, 0.2) is 0 Å². The number of nitrogens with zero attached hydrogens (tertiary/aromatic N) is 5. The van der Waals surface area contributed by atoms with Gasteiger partial charge in [-0.05, 0) is 25.0 Å². The lowest BCUT2D eigenvalue weighted by Gasteiger charge is -2.37. The largest absolute Gasteiger partial charge is 0.366 e. The topological polar surface area (TPSA) is 75.4 Å². The highest BCUT2D eigenvalue weighted by molar-refractivity contribution is 5.63. The second kappa shape index (κ2) is 6.60. The summed E-state index contributed by atoms with van der Waals surface area (Å²) in [5.41, 5.74) is 0.829. The van der Waals surface area contributed by atoms with Gasteiger partial charge in [-0.25, -0.2) is 9.97 Å². The first-order valence-corrected chi connectivity index (χ1v) is 7.65. The SMILES string of the molecule is CN(c1ccccc1[N+](=O)[O-])C1CCN(c2ncccn2)CC1. The van der Waals surface area contributed by atoms with Gasteiger partial charge in [0.2, 0.25) is 5.95 Å². The molecule has 1 aromatic heterocycles. The number of para-hydroxylation sites is 2. The molecule has 1 aromatic carbocycles. The number of anilines is 2. The Labute approximate surface area is 134 Å². The van der Waals surface area contributed by atoms with Crippen LogP contribution in [-0.4, -0.2) is 41.1 Å². The van der Waals surface area contributed by atoms with E-state index in [1.54, 1.807) is 30.6 Å². The summed E-state index contributed by atoms with van der Waals surface area (Å²) in [4.78, 5) is 23.6. The van der Waals surface area contributed by atoms with Crippen molar-refractivity contribution in [2.45, 2.75) is 18.9 Å². The fourth-order valence-corrected chi connectivity index (χ4v) is 3.02. The number of hydrogen-bond acceptors (Lipinski definition) is 6. The second-order valence-corrected chi connectivity index (χ2v) is 5.62. The van der Waals surface area contributed by atoms with Crippen LogP contribution in [0.2, 0.25) is 0 Å². The van der Waals surface area contributed by atoms with Gasteiger partial charge in [-0.3, -0.25) is 10.1 Å². The molecule has 0 radical (unpaired) electrons. The number of piperidine rings is 1. The van der Waals surface area contributed by atoms with Gasteiger partial charge in [0.25, 0.3) is 5.69 Å². The van der Waals surface area contributed by atoms with Crippen molar-refractivity contribution in [2.24, 2.45) is 0 Å². The van der Waals surface area contributed by atoms with Crippen LogP contribution in [0, 0.1) is 10.1 Å². The Bertz CT molecular complexity index is 671. The molecule has 1 aliphatic heterocycles. The third-order valence-electron chi connectivity index (χ3n) is 4.31. The fraction of sp³-hybridized carbons (Fsp3) is 0.375. The van der Waals surface area contributed by atoms with E-state index in [4.69, 9.17) is 0 Å². The Balaban J connectivity index is 1.69. The van der Waals surface area contributed by atoms with Gasteiger partial charge < -0.3 is 9.80 Å². The minimum Gasteiger partial charge on any atom is -0.366 e. The molecule has 0 saturated carbocycles. The zero-order chi connectivity index (χ0) is 16.2. The molecule has 3 rings (SSSR count). The summed E-state index contributed by atoms with van der Waals surface area (Å²) in [6.45, 7) is 1.69. The minimum absolute atomic E-state index is 0.156. The smallest absolute Gasteiger partial charge is 0.292 e. The molecule has 2 heterocycles. The van der Waals surface area contributed by atoms with Crippen molar-refractivity contribution in [1.82, 2.24) is 9.97 Å². The van der Waals surface area contributed by atoms with E-state index >= 15 is 0 Å². The summed E-state index contributed by atoms with van der Waals surface area (Å²) in [6.07, 6.45) is 5.32. The first kappa shape index (κ1) is 15.2. The number of nitro benzene ring substituents is 1. The van der Waals surface area contributed by atoms with E-state index in [0.717, 1.165) is 31.9 Å². The number of hydrogen-bond donors (Lipinski definition) is 0. The van der Waals surface area contributed by atoms with Crippen LogP contribution in [0.25, 0.3) is 0 Å². The molecule has 23 heavy (non-hydrogen) atoms. The lowest BCUT2D eigenvalue weighted by molar-refractivity contribution is -0.384. The Kier molecular flexibility index (Phi) is 4.36. The van der Waals surface area contributed by atoms with Crippen molar-refractivity contribution in [3.05, 3.63) is 52.8 Å². The highest BCUT2D eigenvalue weighted by Crippen LogP contribution is 2.30. The summed E-state index contributed by atoms with van der Waals surface area (Å²) in [5, 5.41) is 11.2. The highest BCUT2D eigenvalue weighted by Gasteiger charge is 2.27. The molecular weight excluding hydrogens is 294 g/mol. The van der Waals surface area contributed by atoms with Crippen molar-refractivity contribution in [2.75, 3.05) is 29.9 Å². The van der Waals surface area contributed by atoms with Crippen molar-refractivity contribution < 1.29 is 4.92 Å². The maximum Gasteiger partial charge on any atom is 0.292 e. The molecule has 0 atom stereocenters. The van der Waals surface area contributed by atoms with Gasteiger partial charge in [-0.2, -0.15) is 0 Å². The monoisotopic (exact) mass is 313 g/mol. The summed E-state index contributed by atoms with van der Waals surface area (Å²) >= 11 is 0. The zero-order valence-electron chi connectivity index (χ0n) is 13.0. The Morgan fingerprint density at radius 3 is 2.48 bits per heavy atom. The van der Waals surface area contributed by atoms with Crippen LogP contribution in [0.3, 0.4) is 0 Å². The third-order valence-corrected chi connectivity index (χ3v) is 4.31. The Hall–Kier alpha value is -2.70. The maximum absolute atomic E-state index is 11.2. The van der Waals surface area contributed by atoms with Crippen LogP contribution in [-0.2, 0) is 0 Å². The van der Waals surface area contributed by atoms with Gasteiger partial charge in [-0.15, -0.1) is 0 Å². The van der Waals surface area contributed by atoms with Gasteiger partial charge >= 0.3 is 0 Å². The molecule has 1 saturated heterocycles. The summed E-state index contributed by atoms with van der Waals surface area (Å²) in [6, 6.07) is 8.98. The second-order valence-electron chi connectivity index (χ2n) is 5.62. The average Bonchev–Trinajstić information content (AvgIpc) is 2.62. The molecule has 0 spiro atoms. The van der Waals surface area contributed by atoms with Gasteiger partial charge in [0.05, 0.1) is 4.92 Å². The first-order chi connectivity index (χ1) is 11.2. The normalized spacial score (nSPS) is 15.4. The molecular formula is C16H19N5O2. The van der Waals surface area contributed by atoms with E-state index in [2.05, 4.69) is 14.9 Å². The van der Waals surface area contributed by atoms with E-state index in [9.17, 15) is 10.1 Å². The third kappa shape index (κ3) is 3.23. The molecule has 120 valence electrons. The number of aromatic nitrogens is 2. The van der Waals surface area contributed by atoms with Crippen molar-refractivity contribution >= 4 is 17.3 Å². The molecule has 0 N–H and O–H groups in total. The molecule has 7 heteroatoms. The van der Waals surface area contributed by atoms with Gasteiger partial charge in [0, 0.05) is 44.6 Å². The first-order valence-electron chi connectivity index (χ1n) is 7.65. The molecule has 0 aliphatic carbocycles. The number of nitro groups is 1. The zero-order valence-corrected chi connectivity index (χ0v) is 13.0. The van der Waals surface area contributed by atoms with Crippen molar-refractivity contribution in [1.29, 1.82) is 0 Å². The number of rotatable bonds is 4. The summed E-state index contributed by atoms with van der Waals surface area (Å²) in [7, 11) is 1.93. The Morgan fingerprint density at radius 2 is 1.83 bits per heavy atom. The van der Waals surface area contributed by atoms with Crippen LogP contribution in [0.4, 0.5) is 17.3 Å². The van der Waals surface area contributed by atoms with Crippen LogP contribution >= 0.6 is 0 Å². The average molecular weight is 313 g/mol. The van der Waals surface area contributed by atoms with Crippen LogP contribution in [0.1, 0.15) is 12.8 Å². The molecule has 0 amide bonds. The van der Waals surface area contributed by atoms with E-state index in [1.807, 2.05) is 24.1 Å². The molecule has 0 bridgehead atoms. The molecule has 2 aromatic rings. The quantitative estimate of drug-likeness (QED) is 0.637. The minimum atomic E-state index is -0.321. The predicted octanol–water partition coefficient (Wildman–Crippen LogP) is 2.49. The lowest BCUT2D eigenvalue weighted by atomic mass is 10.0. The maximum atomic E-state index is 11.2. The van der Waals surface area contributed by atoms with E-state index in [-0.39, 0.29) is 16.7 Å². The van der Waals surface area contributed by atoms with E-state index in [1.165, 1.54) is 0 Å². The lowest BCUT2D eigenvalue weighted by Crippen LogP contribution is -2.44. The van der Waals surface area contributed by atoms with Gasteiger partial charge in [0.1, 0.15) is 5.69 Å².